The van der Waals surface area contributed by atoms with E-state index in [1.165, 1.54) is 19.1 Å². The number of carbonyl (C=O) groups excluding carboxylic acids is 1. The quantitative estimate of drug-likeness (QED) is 0.773. The van der Waals surface area contributed by atoms with Crippen LogP contribution in [0.5, 0.6) is 5.75 Å². The molecule has 1 aromatic carbocycles. The van der Waals surface area contributed by atoms with Gasteiger partial charge in [0.25, 0.3) is 0 Å². The summed E-state index contributed by atoms with van der Waals surface area (Å²) in [5.41, 5.74) is -0.284. The first-order valence-electron chi connectivity index (χ1n) is 7.11. The minimum atomic E-state index is -4.58. The van der Waals surface area contributed by atoms with E-state index in [1.807, 2.05) is 0 Å². The molecule has 1 heterocycles. The number of rotatable bonds is 5. The third kappa shape index (κ3) is 4.27. The number of aryl methyl sites for hydroxylation is 2. The van der Waals surface area contributed by atoms with Crippen molar-refractivity contribution in [3.8, 4) is 5.75 Å². The summed E-state index contributed by atoms with van der Waals surface area (Å²) in [6.07, 6.45) is -5.79. The van der Waals surface area contributed by atoms with E-state index >= 15 is 0 Å². The molecule has 2 aromatic rings. The minimum absolute atomic E-state index is 0.209. The molecular weight excluding hydrogens is 327 g/mol. The van der Waals surface area contributed by atoms with Crippen LogP contribution >= 0.6 is 0 Å². The Morgan fingerprint density at radius 3 is 2.54 bits per heavy atom. The van der Waals surface area contributed by atoms with Gasteiger partial charge in [-0.25, -0.2) is 9.78 Å². The Hall–Kier alpha value is -2.51. The zero-order valence-corrected chi connectivity index (χ0v) is 13.3. The summed E-state index contributed by atoms with van der Waals surface area (Å²) >= 11 is 0. The van der Waals surface area contributed by atoms with Crippen molar-refractivity contribution in [1.82, 2.24) is 4.98 Å². The third-order valence-electron chi connectivity index (χ3n) is 3.24. The molecule has 130 valence electrons. The fourth-order valence-electron chi connectivity index (χ4n) is 1.89. The van der Waals surface area contributed by atoms with Crippen LogP contribution in [-0.4, -0.2) is 17.1 Å². The SMILES string of the molecule is Cc1nc(COC(=O)C(C)Oc2ccccc2C(F)(F)F)oc1C. The van der Waals surface area contributed by atoms with Gasteiger partial charge in [-0.15, -0.1) is 0 Å². The number of para-hydroxylation sites is 1. The van der Waals surface area contributed by atoms with Crippen molar-refractivity contribution in [2.45, 2.75) is 39.7 Å². The number of hydrogen-bond acceptors (Lipinski definition) is 5. The van der Waals surface area contributed by atoms with E-state index in [0.29, 0.717) is 11.5 Å². The van der Waals surface area contributed by atoms with Crippen LogP contribution in [-0.2, 0) is 22.3 Å². The molecule has 5 nitrogen and oxygen atoms in total. The maximum atomic E-state index is 12.9. The smallest absolute Gasteiger partial charge is 0.419 e. The number of carbonyl (C=O) groups is 1. The van der Waals surface area contributed by atoms with Crippen LogP contribution < -0.4 is 4.74 Å². The molecule has 1 atom stereocenters. The summed E-state index contributed by atoms with van der Waals surface area (Å²) < 4.78 is 54.0. The number of hydrogen-bond donors (Lipinski definition) is 0. The Morgan fingerprint density at radius 2 is 1.96 bits per heavy atom. The van der Waals surface area contributed by atoms with Crippen LogP contribution in [0, 0.1) is 13.8 Å². The van der Waals surface area contributed by atoms with Gasteiger partial charge in [-0.3, -0.25) is 0 Å². The number of alkyl halides is 3. The van der Waals surface area contributed by atoms with E-state index < -0.39 is 29.6 Å². The first-order chi connectivity index (χ1) is 11.2. The molecule has 2 rings (SSSR count). The highest BCUT2D eigenvalue weighted by Gasteiger charge is 2.35. The van der Waals surface area contributed by atoms with Gasteiger partial charge in [-0.1, -0.05) is 12.1 Å². The number of benzene rings is 1. The first-order valence-corrected chi connectivity index (χ1v) is 7.11. The lowest BCUT2D eigenvalue weighted by Crippen LogP contribution is -2.27. The fourth-order valence-corrected chi connectivity index (χ4v) is 1.89. The monoisotopic (exact) mass is 343 g/mol. The Kier molecular flexibility index (Phi) is 5.16. The Bertz CT molecular complexity index is 705. The molecule has 0 saturated heterocycles. The second-order valence-electron chi connectivity index (χ2n) is 5.11. The first kappa shape index (κ1) is 17.8. The molecule has 24 heavy (non-hydrogen) atoms. The van der Waals surface area contributed by atoms with Gasteiger partial charge in [0.1, 0.15) is 11.5 Å². The van der Waals surface area contributed by atoms with Crippen molar-refractivity contribution < 1.29 is 31.9 Å². The highest BCUT2D eigenvalue weighted by Crippen LogP contribution is 2.36. The standard InChI is InChI=1S/C16H16F3NO4/c1-9-10(2)24-14(20-9)8-22-15(21)11(3)23-13-7-5-4-6-12(13)16(17,18)19/h4-7,11H,8H2,1-3H3. The number of oxazole rings is 1. The molecule has 1 unspecified atom stereocenters. The van der Waals surface area contributed by atoms with E-state index in [4.69, 9.17) is 13.9 Å². The van der Waals surface area contributed by atoms with Gasteiger partial charge in [0, 0.05) is 0 Å². The lowest BCUT2D eigenvalue weighted by Gasteiger charge is -2.17. The maximum absolute atomic E-state index is 12.9. The zero-order chi connectivity index (χ0) is 17.9. The molecule has 0 fully saturated rings. The van der Waals surface area contributed by atoms with Crippen molar-refractivity contribution in [2.75, 3.05) is 0 Å². The molecule has 0 bridgehead atoms. The number of esters is 1. The minimum Gasteiger partial charge on any atom is -0.478 e. The van der Waals surface area contributed by atoms with Crippen LogP contribution in [0.25, 0.3) is 0 Å². The molecular formula is C16H16F3NO4. The molecule has 0 radical (unpaired) electrons. The molecule has 0 aliphatic rings. The van der Waals surface area contributed by atoms with Gasteiger partial charge in [0.15, 0.2) is 12.7 Å². The lowest BCUT2D eigenvalue weighted by atomic mass is 10.2. The van der Waals surface area contributed by atoms with Crippen LogP contribution in [0.4, 0.5) is 13.2 Å². The highest BCUT2D eigenvalue weighted by atomic mass is 19.4. The average molecular weight is 343 g/mol. The number of halogens is 3. The normalized spacial score (nSPS) is 12.8. The second-order valence-corrected chi connectivity index (χ2v) is 5.11. The highest BCUT2D eigenvalue weighted by molar-refractivity contribution is 5.74. The topological polar surface area (TPSA) is 61.6 Å². The van der Waals surface area contributed by atoms with E-state index in [1.54, 1.807) is 13.8 Å². The van der Waals surface area contributed by atoms with E-state index in [2.05, 4.69) is 4.98 Å². The van der Waals surface area contributed by atoms with Gasteiger partial charge < -0.3 is 13.9 Å². The van der Waals surface area contributed by atoms with Gasteiger partial charge in [0.2, 0.25) is 5.89 Å². The van der Waals surface area contributed by atoms with Gasteiger partial charge in [-0.2, -0.15) is 13.2 Å². The van der Waals surface area contributed by atoms with Gasteiger partial charge >= 0.3 is 12.1 Å². The Labute approximate surface area is 136 Å². The van der Waals surface area contributed by atoms with Crippen LogP contribution in [0.1, 0.15) is 29.8 Å². The summed E-state index contributed by atoms with van der Waals surface area (Å²) in [6, 6.07) is 4.66. The predicted molar refractivity (Wildman–Crippen MR) is 77.3 cm³/mol. The van der Waals surface area contributed by atoms with Crippen molar-refractivity contribution in [3.63, 3.8) is 0 Å². The molecule has 0 aliphatic heterocycles. The van der Waals surface area contributed by atoms with E-state index in [0.717, 1.165) is 12.1 Å². The maximum Gasteiger partial charge on any atom is 0.419 e. The van der Waals surface area contributed by atoms with Crippen molar-refractivity contribution in [2.24, 2.45) is 0 Å². The second kappa shape index (κ2) is 6.94. The van der Waals surface area contributed by atoms with Crippen molar-refractivity contribution in [1.29, 1.82) is 0 Å². The van der Waals surface area contributed by atoms with E-state index in [9.17, 15) is 18.0 Å². The summed E-state index contributed by atoms with van der Waals surface area (Å²) in [4.78, 5) is 15.9. The van der Waals surface area contributed by atoms with Crippen molar-refractivity contribution in [3.05, 3.63) is 47.2 Å². The lowest BCUT2D eigenvalue weighted by molar-refractivity contribution is -0.154. The van der Waals surface area contributed by atoms with Gasteiger partial charge in [0.05, 0.1) is 11.3 Å². The average Bonchev–Trinajstić information content (AvgIpc) is 2.83. The summed E-state index contributed by atoms with van der Waals surface area (Å²) in [6.45, 7) is 4.54. The van der Waals surface area contributed by atoms with Crippen LogP contribution in [0.3, 0.4) is 0 Å². The molecule has 8 heteroatoms. The Morgan fingerprint density at radius 1 is 1.29 bits per heavy atom. The largest absolute Gasteiger partial charge is 0.478 e. The summed E-state index contributed by atoms with van der Waals surface area (Å²) in [7, 11) is 0. The molecule has 0 amide bonds. The zero-order valence-electron chi connectivity index (χ0n) is 13.3. The van der Waals surface area contributed by atoms with Crippen molar-refractivity contribution >= 4 is 5.97 Å². The number of aromatic nitrogens is 1. The number of ether oxygens (including phenoxy) is 2. The fraction of sp³-hybridized carbons (Fsp3) is 0.375. The summed E-state index contributed by atoms with van der Waals surface area (Å²) in [5, 5.41) is 0. The predicted octanol–water partition coefficient (Wildman–Crippen LogP) is 3.82. The molecule has 0 spiro atoms. The van der Waals surface area contributed by atoms with E-state index in [-0.39, 0.29) is 12.5 Å². The number of nitrogens with zero attached hydrogens (tertiary/aromatic N) is 1. The summed E-state index contributed by atoms with van der Waals surface area (Å²) in [5.74, 6) is -0.441. The molecule has 1 aromatic heterocycles. The molecule has 0 N–H and O–H groups in total. The Balaban J connectivity index is 1.99. The molecule has 0 saturated carbocycles. The third-order valence-corrected chi connectivity index (χ3v) is 3.24. The van der Waals surface area contributed by atoms with Gasteiger partial charge in [-0.05, 0) is 32.9 Å². The van der Waals surface area contributed by atoms with Crippen LogP contribution in [0.2, 0.25) is 0 Å². The van der Waals surface area contributed by atoms with Crippen LogP contribution in [0.15, 0.2) is 28.7 Å². The molecule has 0 aliphatic carbocycles.